The molecule has 3 nitrogen and oxygen atoms in total. The average Bonchev–Trinajstić information content (AvgIpc) is 2.91. The van der Waals surface area contributed by atoms with Crippen LogP contribution in [0.15, 0.2) is 12.4 Å². The highest BCUT2D eigenvalue weighted by Crippen LogP contribution is 2.41. The predicted octanol–water partition coefficient (Wildman–Crippen LogP) is 1.68. The minimum absolute atomic E-state index is 0.0854. The molecule has 1 fully saturated rings. The summed E-state index contributed by atoms with van der Waals surface area (Å²) >= 11 is 2.18. The third-order valence-corrected chi connectivity index (χ3v) is 3.32. The average molecular weight is 289 g/mol. The van der Waals surface area contributed by atoms with Gasteiger partial charge in [0.05, 0.1) is 9.26 Å². The van der Waals surface area contributed by atoms with Gasteiger partial charge in [-0.25, -0.2) is 0 Å². The Morgan fingerprint density at radius 3 is 2.77 bits per heavy atom. The van der Waals surface area contributed by atoms with E-state index in [1.807, 2.05) is 0 Å². The Labute approximate surface area is 91.0 Å². The number of nitrogen functional groups attached to an aromatic ring is 1. The van der Waals surface area contributed by atoms with Gasteiger partial charge >= 0.3 is 0 Å². The Morgan fingerprint density at radius 1 is 1.46 bits per heavy atom. The molecule has 1 aliphatic carbocycles. The van der Waals surface area contributed by atoms with Crippen molar-refractivity contribution in [1.29, 1.82) is 0 Å². The van der Waals surface area contributed by atoms with E-state index in [0.717, 1.165) is 14.8 Å². The van der Waals surface area contributed by atoms with Crippen LogP contribution in [0.5, 0.6) is 0 Å². The van der Waals surface area contributed by atoms with E-state index in [1.54, 1.807) is 12.4 Å². The summed E-state index contributed by atoms with van der Waals surface area (Å²) in [7, 11) is 0. The summed E-state index contributed by atoms with van der Waals surface area (Å²) in [6.07, 6.45) is 6.01. The first-order valence-corrected chi connectivity index (χ1v) is 5.42. The van der Waals surface area contributed by atoms with Crippen molar-refractivity contribution >= 4 is 28.3 Å². The van der Waals surface area contributed by atoms with Crippen molar-refractivity contribution in [2.45, 2.75) is 18.9 Å². The van der Waals surface area contributed by atoms with Crippen LogP contribution in [0.4, 0.5) is 5.69 Å². The third kappa shape index (κ3) is 1.78. The van der Waals surface area contributed by atoms with E-state index in [1.165, 1.54) is 12.8 Å². The number of hydrogen-bond donors (Lipinski definition) is 2. The summed E-state index contributed by atoms with van der Waals surface area (Å²) in [5, 5.41) is 0. The summed E-state index contributed by atoms with van der Waals surface area (Å²) < 4.78 is 0.992. The SMILES string of the molecule is Nc1c(I)cncc1[C@@H](N)C1CC1. The number of aromatic nitrogens is 1. The van der Waals surface area contributed by atoms with Crippen LogP contribution in [0.3, 0.4) is 0 Å². The molecule has 2 rings (SSSR count). The number of anilines is 1. The summed E-state index contributed by atoms with van der Waals surface area (Å²) in [6, 6.07) is 0.0854. The fourth-order valence-electron chi connectivity index (χ4n) is 1.43. The fourth-order valence-corrected chi connectivity index (χ4v) is 1.91. The van der Waals surface area contributed by atoms with Crippen molar-refractivity contribution in [3.05, 3.63) is 21.5 Å². The fraction of sp³-hybridized carbons (Fsp3) is 0.444. The zero-order chi connectivity index (χ0) is 9.42. The molecule has 70 valence electrons. The minimum Gasteiger partial charge on any atom is -0.398 e. The van der Waals surface area contributed by atoms with Crippen molar-refractivity contribution in [2.24, 2.45) is 11.7 Å². The monoisotopic (exact) mass is 289 g/mol. The lowest BCUT2D eigenvalue weighted by atomic mass is 10.0. The van der Waals surface area contributed by atoms with E-state index < -0.39 is 0 Å². The third-order valence-electron chi connectivity index (χ3n) is 2.46. The summed E-state index contributed by atoms with van der Waals surface area (Å²) in [5.41, 5.74) is 13.8. The molecule has 0 bridgehead atoms. The van der Waals surface area contributed by atoms with Gasteiger partial charge in [0.15, 0.2) is 0 Å². The number of halogens is 1. The van der Waals surface area contributed by atoms with Crippen molar-refractivity contribution in [3.8, 4) is 0 Å². The lowest BCUT2D eigenvalue weighted by molar-refractivity contribution is 0.632. The number of nitrogens with zero attached hydrogens (tertiary/aromatic N) is 1. The molecule has 1 aromatic heterocycles. The summed E-state index contributed by atoms with van der Waals surface area (Å²) in [4.78, 5) is 4.11. The molecule has 1 aromatic rings. The topological polar surface area (TPSA) is 64.9 Å². The van der Waals surface area contributed by atoms with Crippen LogP contribution in [0.2, 0.25) is 0 Å². The Morgan fingerprint density at radius 2 is 2.15 bits per heavy atom. The largest absolute Gasteiger partial charge is 0.398 e. The van der Waals surface area contributed by atoms with E-state index in [-0.39, 0.29) is 6.04 Å². The Bertz CT molecular complexity index is 323. The summed E-state index contributed by atoms with van der Waals surface area (Å²) in [6.45, 7) is 0. The highest BCUT2D eigenvalue weighted by Gasteiger charge is 2.30. The van der Waals surface area contributed by atoms with Crippen LogP contribution in [0, 0.1) is 9.49 Å². The summed E-state index contributed by atoms with van der Waals surface area (Å²) in [5.74, 6) is 0.627. The van der Waals surface area contributed by atoms with Gasteiger partial charge in [0, 0.05) is 24.0 Å². The molecule has 1 atom stereocenters. The first kappa shape index (κ1) is 9.21. The van der Waals surface area contributed by atoms with Gasteiger partial charge in [0.25, 0.3) is 0 Å². The second-order valence-corrected chi connectivity index (χ2v) is 4.65. The molecule has 0 unspecified atom stereocenters. The van der Waals surface area contributed by atoms with Gasteiger partial charge in [-0.1, -0.05) is 0 Å². The number of pyridine rings is 1. The zero-order valence-corrected chi connectivity index (χ0v) is 9.36. The van der Waals surface area contributed by atoms with Gasteiger partial charge in [0.2, 0.25) is 0 Å². The molecule has 1 saturated carbocycles. The second kappa shape index (κ2) is 3.42. The minimum atomic E-state index is 0.0854. The standard InChI is InChI=1S/C9H12IN3/c10-7-4-13-3-6(9(7)12)8(11)5-1-2-5/h3-5,8H,1-2,11H2,(H2,12,13)/t8-/m0/s1. The molecule has 0 amide bonds. The van der Waals surface area contributed by atoms with Gasteiger partial charge in [0.1, 0.15) is 0 Å². The van der Waals surface area contributed by atoms with Crippen molar-refractivity contribution < 1.29 is 0 Å². The molecule has 4 heteroatoms. The first-order valence-electron chi connectivity index (χ1n) is 4.34. The lowest BCUT2D eigenvalue weighted by Crippen LogP contribution is -2.15. The number of hydrogen-bond acceptors (Lipinski definition) is 3. The maximum absolute atomic E-state index is 6.05. The molecular formula is C9H12IN3. The van der Waals surface area contributed by atoms with Gasteiger partial charge in [-0.3, -0.25) is 4.98 Å². The molecule has 4 N–H and O–H groups in total. The maximum atomic E-state index is 6.05. The molecule has 13 heavy (non-hydrogen) atoms. The van der Waals surface area contributed by atoms with Crippen LogP contribution < -0.4 is 11.5 Å². The van der Waals surface area contributed by atoms with Gasteiger partial charge in [-0.2, -0.15) is 0 Å². The predicted molar refractivity (Wildman–Crippen MR) is 61.0 cm³/mol. The molecule has 0 spiro atoms. The van der Waals surface area contributed by atoms with Crippen LogP contribution >= 0.6 is 22.6 Å². The molecule has 0 aliphatic heterocycles. The second-order valence-electron chi connectivity index (χ2n) is 3.49. The molecule has 1 heterocycles. The number of rotatable bonds is 2. The maximum Gasteiger partial charge on any atom is 0.0546 e. The first-order chi connectivity index (χ1) is 6.20. The van der Waals surface area contributed by atoms with Crippen LogP contribution in [0.1, 0.15) is 24.4 Å². The highest BCUT2D eigenvalue weighted by molar-refractivity contribution is 14.1. The van der Waals surface area contributed by atoms with Crippen molar-refractivity contribution in [3.63, 3.8) is 0 Å². The molecule has 0 radical (unpaired) electrons. The van der Waals surface area contributed by atoms with Crippen LogP contribution in [0.25, 0.3) is 0 Å². The molecule has 0 saturated heterocycles. The van der Waals surface area contributed by atoms with E-state index in [4.69, 9.17) is 11.5 Å². The normalized spacial score (nSPS) is 18.6. The smallest absolute Gasteiger partial charge is 0.0546 e. The van der Waals surface area contributed by atoms with E-state index in [9.17, 15) is 0 Å². The van der Waals surface area contributed by atoms with Gasteiger partial charge in [-0.05, 0) is 41.4 Å². The zero-order valence-electron chi connectivity index (χ0n) is 7.20. The Hall–Kier alpha value is -0.360. The van der Waals surface area contributed by atoms with Crippen molar-refractivity contribution in [2.75, 3.05) is 5.73 Å². The van der Waals surface area contributed by atoms with Crippen molar-refractivity contribution in [1.82, 2.24) is 4.98 Å². The molecule has 0 aromatic carbocycles. The van der Waals surface area contributed by atoms with Crippen LogP contribution in [-0.4, -0.2) is 4.98 Å². The van der Waals surface area contributed by atoms with Gasteiger partial charge in [-0.15, -0.1) is 0 Å². The van der Waals surface area contributed by atoms with E-state index >= 15 is 0 Å². The molecular weight excluding hydrogens is 277 g/mol. The van der Waals surface area contributed by atoms with E-state index in [0.29, 0.717) is 5.92 Å². The van der Waals surface area contributed by atoms with E-state index in [2.05, 4.69) is 27.6 Å². The Balaban J connectivity index is 2.32. The highest BCUT2D eigenvalue weighted by atomic mass is 127. The molecule has 1 aliphatic rings. The lowest BCUT2D eigenvalue weighted by Gasteiger charge is -2.13. The van der Waals surface area contributed by atoms with Crippen LogP contribution in [-0.2, 0) is 0 Å². The number of nitrogens with two attached hydrogens (primary N) is 2. The Kier molecular flexibility index (Phi) is 2.42. The quantitative estimate of drug-likeness (QED) is 0.814. The van der Waals surface area contributed by atoms with Gasteiger partial charge < -0.3 is 11.5 Å².